The second-order valence-corrected chi connectivity index (χ2v) is 5.60. The molecule has 0 radical (unpaired) electrons. The monoisotopic (exact) mass is 328 g/mol. The molecule has 0 spiro atoms. The molecule has 0 aliphatic carbocycles. The number of benzene rings is 1. The number of hydrogen-bond donors (Lipinski definition) is 1. The molecular weight excluding hydrogens is 316 g/mol. The predicted molar refractivity (Wildman–Crippen MR) is 75.7 cm³/mol. The van der Waals surface area contributed by atoms with Crippen LogP contribution in [-0.4, -0.2) is 14.9 Å². The molecule has 1 unspecified atom stereocenters. The average Bonchev–Trinajstić information content (AvgIpc) is 2.77. The van der Waals surface area contributed by atoms with E-state index in [9.17, 15) is 5.11 Å². The van der Waals surface area contributed by atoms with Gasteiger partial charge in [0.15, 0.2) is 0 Å². The number of nitrogens with zero attached hydrogens (tertiary/aromatic N) is 2. The summed E-state index contributed by atoms with van der Waals surface area (Å²) in [6, 6.07) is 5.45. The number of aromatic nitrogens is 2. The van der Waals surface area contributed by atoms with Crippen molar-refractivity contribution in [3.8, 4) is 0 Å². The second-order valence-electron chi connectivity index (χ2n) is 4.28. The van der Waals surface area contributed by atoms with Gasteiger partial charge < -0.3 is 5.11 Å². The van der Waals surface area contributed by atoms with Crippen LogP contribution in [0, 0.1) is 0 Å². The fourth-order valence-corrected chi connectivity index (χ4v) is 2.69. The fourth-order valence-electron chi connectivity index (χ4n) is 1.83. The zero-order valence-corrected chi connectivity index (χ0v) is 12.5. The molecule has 96 valence electrons. The van der Waals surface area contributed by atoms with Gasteiger partial charge in [-0.2, -0.15) is 5.10 Å². The lowest BCUT2D eigenvalue weighted by molar-refractivity contribution is 0.102. The first-order valence-corrected chi connectivity index (χ1v) is 6.83. The minimum absolute atomic E-state index is 0.527. The van der Waals surface area contributed by atoms with E-state index in [2.05, 4.69) is 21.0 Å². The molecule has 0 fully saturated rings. The van der Waals surface area contributed by atoms with Gasteiger partial charge in [-0.3, -0.25) is 4.68 Å². The molecule has 1 N–H and O–H groups in total. The highest BCUT2D eigenvalue weighted by molar-refractivity contribution is 9.10. The zero-order chi connectivity index (χ0) is 13.3. The summed E-state index contributed by atoms with van der Waals surface area (Å²) >= 11 is 9.54. The average molecular weight is 330 g/mol. The molecule has 0 amide bonds. The van der Waals surface area contributed by atoms with Crippen molar-refractivity contribution in [1.29, 1.82) is 0 Å². The predicted octanol–water partition coefficient (Wildman–Crippen LogP) is 3.57. The van der Waals surface area contributed by atoms with Gasteiger partial charge in [0.25, 0.3) is 0 Å². The normalized spacial score (nSPS) is 14.5. The SMILES string of the molecule is CCn1cc(C(C)(O)c2ccc(Br)cc2Cl)cn1. The van der Waals surface area contributed by atoms with E-state index < -0.39 is 5.60 Å². The van der Waals surface area contributed by atoms with Gasteiger partial charge >= 0.3 is 0 Å². The van der Waals surface area contributed by atoms with Crippen LogP contribution in [0.4, 0.5) is 0 Å². The topological polar surface area (TPSA) is 38.0 Å². The summed E-state index contributed by atoms with van der Waals surface area (Å²) in [6.07, 6.45) is 3.50. The van der Waals surface area contributed by atoms with Crippen LogP contribution >= 0.6 is 27.5 Å². The maximum Gasteiger partial charge on any atom is 0.116 e. The van der Waals surface area contributed by atoms with Crippen molar-refractivity contribution in [2.75, 3.05) is 0 Å². The van der Waals surface area contributed by atoms with Crippen molar-refractivity contribution < 1.29 is 5.11 Å². The van der Waals surface area contributed by atoms with Crippen molar-refractivity contribution in [3.63, 3.8) is 0 Å². The van der Waals surface area contributed by atoms with Gasteiger partial charge in [-0.15, -0.1) is 0 Å². The molecule has 0 aliphatic heterocycles. The van der Waals surface area contributed by atoms with Gasteiger partial charge in [0.2, 0.25) is 0 Å². The summed E-state index contributed by atoms with van der Waals surface area (Å²) < 4.78 is 2.66. The second kappa shape index (κ2) is 5.03. The van der Waals surface area contributed by atoms with Crippen LogP contribution in [-0.2, 0) is 12.1 Å². The van der Waals surface area contributed by atoms with Gasteiger partial charge in [-0.25, -0.2) is 0 Å². The van der Waals surface area contributed by atoms with Crippen molar-refractivity contribution in [2.45, 2.75) is 26.0 Å². The van der Waals surface area contributed by atoms with Crippen LogP contribution in [0.25, 0.3) is 0 Å². The molecule has 0 saturated heterocycles. The lowest BCUT2D eigenvalue weighted by Crippen LogP contribution is -2.22. The smallest absolute Gasteiger partial charge is 0.116 e. The molecule has 1 aromatic heterocycles. The summed E-state index contributed by atoms with van der Waals surface area (Å²) in [6.45, 7) is 4.49. The van der Waals surface area contributed by atoms with Gasteiger partial charge in [-0.1, -0.05) is 33.6 Å². The van der Waals surface area contributed by atoms with Gasteiger partial charge in [0, 0.05) is 33.4 Å². The van der Waals surface area contributed by atoms with Crippen LogP contribution < -0.4 is 0 Å². The highest BCUT2D eigenvalue weighted by Gasteiger charge is 2.29. The number of aryl methyl sites for hydroxylation is 1. The van der Waals surface area contributed by atoms with E-state index in [-0.39, 0.29) is 0 Å². The molecule has 2 rings (SSSR count). The Morgan fingerprint density at radius 2 is 2.22 bits per heavy atom. The fraction of sp³-hybridized carbons (Fsp3) is 0.308. The minimum atomic E-state index is -1.15. The summed E-state index contributed by atoms with van der Waals surface area (Å²) in [4.78, 5) is 0. The molecular formula is C13H14BrClN2O. The Kier molecular flexibility index (Phi) is 3.80. The van der Waals surface area contributed by atoms with E-state index in [4.69, 9.17) is 11.6 Å². The lowest BCUT2D eigenvalue weighted by atomic mass is 9.90. The van der Waals surface area contributed by atoms with Gasteiger partial charge in [-0.05, 0) is 26.0 Å². The Labute approximate surface area is 120 Å². The van der Waals surface area contributed by atoms with Crippen molar-refractivity contribution in [1.82, 2.24) is 9.78 Å². The van der Waals surface area contributed by atoms with E-state index in [1.54, 1.807) is 23.9 Å². The number of halogens is 2. The zero-order valence-electron chi connectivity index (χ0n) is 10.2. The number of rotatable bonds is 3. The highest BCUT2D eigenvalue weighted by atomic mass is 79.9. The molecule has 1 atom stereocenters. The molecule has 3 nitrogen and oxygen atoms in total. The Bertz CT molecular complexity index is 566. The van der Waals surface area contributed by atoms with E-state index in [1.165, 1.54) is 0 Å². The van der Waals surface area contributed by atoms with Crippen molar-refractivity contribution in [2.24, 2.45) is 0 Å². The van der Waals surface area contributed by atoms with Gasteiger partial charge in [0.05, 0.1) is 6.20 Å². The molecule has 0 aliphatic rings. The third-order valence-electron chi connectivity index (χ3n) is 2.97. The Morgan fingerprint density at radius 1 is 1.50 bits per heavy atom. The first-order valence-electron chi connectivity index (χ1n) is 5.66. The van der Waals surface area contributed by atoms with E-state index in [0.29, 0.717) is 10.6 Å². The van der Waals surface area contributed by atoms with Crippen molar-refractivity contribution >= 4 is 27.5 Å². The minimum Gasteiger partial charge on any atom is -0.381 e. The van der Waals surface area contributed by atoms with Crippen LogP contribution in [0.3, 0.4) is 0 Å². The quantitative estimate of drug-likeness (QED) is 0.935. The maximum absolute atomic E-state index is 10.7. The molecule has 0 saturated carbocycles. The standard InChI is InChI=1S/C13H14BrClN2O/c1-3-17-8-9(7-16-17)13(2,18)11-5-4-10(14)6-12(11)15/h4-8,18H,3H2,1-2H3. The molecule has 5 heteroatoms. The molecule has 1 heterocycles. The van der Waals surface area contributed by atoms with Crippen LogP contribution in [0.5, 0.6) is 0 Å². The lowest BCUT2D eigenvalue weighted by Gasteiger charge is -2.23. The van der Waals surface area contributed by atoms with E-state index in [0.717, 1.165) is 16.6 Å². The number of aliphatic hydroxyl groups is 1. The Hall–Kier alpha value is -0.840. The summed E-state index contributed by atoms with van der Waals surface area (Å²) in [5.74, 6) is 0. The summed E-state index contributed by atoms with van der Waals surface area (Å²) in [5.41, 5.74) is 0.252. The first-order chi connectivity index (χ1) is 8.45. The highest BCUT2D eigenvalue weighted by Crippen LogP contribution is 2.35. The van der Waals surface area contributed by atoms with Crippen LogP contribution in [0.15, 0.2) is 35.1 Å². The Morgan fingerprint density at radius 3 is 2.78 bits per heavy atom. The summed E-state index contributed by atoms with van der Waals surface area (Å²) in [5, 5.41) is 15.4. The molecule has 2 aromatic rings. The first kappa shape index (κ1) is 13.6. The largest absolute Gasteiger partial charge is 0.381 e. The van der Waals surface area contributed by atoms with Crippen LogP contribution in [0.2, 0.25) is 5.02 Å². The maximum atomic E-state index is 10.7. The van der Waals surface area contributed by atoms with Crippen LogP contribution in [0.1, 0.15) is 25.0 Å². The van der Waals surface area contributed by atoms with E-state index in [1.807, 2.05) is 25.3 Å². The van der Waals surface area contributed by atoms with E-state index >= 15 is 0 Å². The molecule has 1 aromatic carbocycles. The third kappa shape index (κ3) is 2.46. The molecule has 18 heavy (non-hydrogen) atoms. The third-order valence-corrected chi connectivity index (χ3v) is 3.78. The van der Waals surface area contributed by atoms with Gasteiger partial charge in [0.1, 0.15) is 5.60 Å². The van der Waals surface area contributed by atoms with Crippen molar-refractivity contribution in [3.05, 3.63) is 51.2 Å². The number of hydrogen-bond acceptors (Lipinski definition) is 2. The summed E-state index contributed by atoms with van der Waals surface area (Å²) in [7, 11) is 0. The Balaban J connectivity index is 2.46. The molecule has 0 bridgehead atoms.